The van der Waals surface area contributed by atoms with Gasteiger partial charge in [-0.15, -0.1) is 0 Å². The smallest absolute Gasteiger partial charge is 0.170 e. The van der Waals surface area contributed by atoms with E-state index in [0.29, 0.717) is 24.5 Å². The quantitative estimate of drug-likeness (QED) is 0.919. The van der Waals surface area contributed by atoms with Gasteiger partial charge in [-0.3, -0.25) is 0 Å². The summed E-state index contributed by atoms with van der Waals surface area (Å²) in [7, 11) is 1.88. The first-order valence-electron chi connectivity index (χ1n) is 7.07. The molecule has 0 spiro atoms. The highest BCUT2D eigenvalue weighted by Crippen LogP contribution is 2.23. The molecule has 1 unspecified atom stereocenters. The lowest BCUT2D eigenvalue weighted by atomic mass is 10.1. The van der Waals surface area contributed by atoms with Crippen LogP contribution < -0.4 is 10.2 Å². The molecule has 1 aliphatic rings. The predicted molar refractivity (Wildman–Crippen MR) is 78.4 cm³/mol. The molecule has 0 radical (unpaired) electrons. The summed E-state index contributed by atoms with van der Waals surface area (Å²) in [6.45, 7) is 8.07. The molecular formula is C15H24FN3O. The van der Waals surface area contributed by atoms with Crippen LogP contribution in [-0.4, -0.2) is 36.8 Å². The molecular weight excluding hydrogens is 257 g/mol. The molecule has 1 saturated heterocycles. The van der Waals surface area contributed by atoms with Gasteiger partial charge in [0.15, 0.2) is 11.6 Å². The maximum Gasteiger partial charge on any atom is 0.170 e. The van der Waals surface area contributed by atoms with Crippen LogP contribution in [0.4, 0.5) is 10.2 Å². The van der Waals surface area contributed by atoms with Crippen molar-refractivity contribution < 1.29 is 9.13 Å². The van der Waals surface area contributed by atoms with Crippen LogP contribution in [0.15, 0.2) is 12.3 Å². The Labute approximate surface area is 120 Å². The Morgan fingerprint density at radius 2 is 2.25 bits per heavy atom. The fourth-order valence-corrected chi connectivity index (χ4v) is 2.21. The second kappa shape index (κ2) is 6.06. The fourth-order valence-electron chi connectivity index (χ4n) is 2.21. The number of anilines is 1. The van der Waals surface area contributed by atoms with Gasteiger partial charge in [0.05, 0.1) is 12.6 Å². The molecule has 1 aromatic heterocycles. The van der Waals surface area contributed by atoms with Crippen molar-refractivity contribution in [2.75, 3.05) is 25.2 Å². The predicted octanol–water partition coefficient (Wildman–Crippen LogP) is 2.33. The van der Waals surface area contributed by atoms with E-state index >= 15 is 0 Å². The van der Waals surface area contributed by atoms with Crippen LogP contribution in [0.2, 0.25) is 0 Å². The van der Waals surface area contributed by atoms with Gasteiger partial charge in [0.25, 0.3) is 0 Å². The fraction of sp³-hybridized carbons (Fsp3) is 0.667. The third-order valence-electron chi connectivity index (χ3n) is 3.55. The number of aromatic nitrogens is 1. The van der Waals surface area contributed by atoms with Gasteiger partial charge in [0.1, 0.15) is 0 Å². The molecule has 1 atom stereocenters. The third kappa shape index (κ3) is 3.67. The van der Waals surface area contributed by atoms with Gasteiger partial charge in [0, 0.05) is 37.5 Å². The van der Waals surface area contributed by atoms with Crippen LogP contribution in [-0.2, 0) is 11.3 Å². The Morgan fingerprint density at radius 3 is 2.85 bits per heavy atom. The van der Waals surface area contributed by atoms with Gasteiger partial charge in [-0.1, -0.05) is 0 Å². The van der Waals surface area contributed by atoms with Crippen molar-refractivity contribution in [3.05, 3.63) is 23.6 Å². The monoisotopic (exact) mass is 281 g/mol. The highest BCUT2D eigenvalue weighted by Gasteiger charge is 2.24. The maximum atomic E-state index is 14.6. The van der Waals surface area contributed by atoms with Crippen molar-refractivity contribution in [2.45, 2.75) is 45.3 Å². The molecule has 2 heterocycles. The van der Waals surface area contributed by atoms with E-state index in [-0.39, 0.29) is 17.4 Å². The lowest BCUT2D eigenvalue weighted by Crippen LogP contribution is -2.36. The van der Waals surface area contributed by atoms with Gasteiger partial charge < -0.3 is 15.0 Å². The highest BCUT2D eigenvalue weighted by atomic mass is 19.1. The first kappa shape index (κ1) is 15.2. The summed E-state index contributed by atoms with van der Waals surface area (Å²) in [4.78, 5) is 6.09. The normalized spacial score (nSPS) is 19.4. The Bertz CT molecular complexity index is 453. The van der Waals surface area contributed by atoms with Crippen LogP contribution in [0.5, 0.6) is 0 Å². The molecule has 2 rings (SSSR count). The SMILES string of the molecule is CN(c1nccc(CNC(C)(C)C)c1F)C1CCOC1. The number of pyridine rings is 1. The zero-order valence-corrected chi connectivity index (χ0v) is 12.7. The lowest BCUT2D eigenvalue weighted by molar-refractivity contribution is 0.193. The van der Waals surface area contributed by atoms with Crippen LogP contribution in [0.3, 0.4) is 0 Å². The van der Waals surface area contributed by atoms with E-state index in [1.165, 1.54) is 0 Å². The number of halogens is 1. The van der Waals surface area contributed by atoms with Crippen molar-refractivity contribution in [3.63, 3.8) is 0 Å². The molecule has 1 aromatic rings. The van der Waals surface area contributed by atoms with E-state index in [1.54, 1.807) is 12.3 Å². The minimum Gasteiger partial charge on any atom is -0.379 e. The Morgan fingerprint density at radius 1 is 1.50 bits per heavy atom. The van der Waals surface area contributed by atoms with Crippen molar-refractivity contribution in [1.29, 1.82) is 0 Å². The number of hydrogen-bond donors (Lipinski definition) is 1. The first-order chi connectivity index (χ1) is 9.38. The molecule has 1 fully saturated rings. The maximum absolute atomic E-state index is 14.6. The molecule has 0 amide bonds. The van der Waals surface area contributed by atoms with E-state index in [1.807, 2.05) is 11.9 Å². The van der Waals surface area contributed by atoms with Crippen molar-refractivity contribution in [3.8, 4) is 0 Å². The molecule has 1 aliphatic heterocycles. The summed E-state index contributed by atoms with van der Waals surface area (Å²) in [5.41, 5.74) is 0.608. The van der Waals surface area contributed by atoms with Gasteiger partial charge >= 0.3 is 0 Å². The lowest BCUT2D eigenvalue weighted by Gasteiger charge is -2.26. The summed E-state index contributed by atoms with van der Waals surface area (Å²) in [5.74, 6) is 0.173. The van der Waals surface area contributed by atoms with E-state index in [9.17, 15) is 4.39 Å². The molecule has 0 bridgehead atoms. The van der Waals surface area contributed by atoms with Crippen molar-refractivity contribution in [1.82, 2.24) is 10.3 Å². The first-order valence-corrected chi connectivity index (χ1v) is 7.07. The van der Waals surface area contributed by atoms with E-state index < -0.39 is 0 Å². The Kier molecular flexibility index (Phi) is 4.60. The van der Waals surface area contributed by atoms with Crippen LogP contribution >= 0.6 is 0 Å². The number of nitrogens with one attached hydrogen (secondary N) is 1. The average Bonchev–Trinajstić information content (AvgIpc) is 2.89. The molecule has 5 heteroatoms. The molecule has 0 saturated carbocycles. The van der Waals surface area contributed by atoms with E-state index in [4.69, 9.17) is 4.74 Å². The highest BCUT2D eigenvalue weighted by molar-refractivity contribution is 5.43. The summed E-state index contributed by atoms with van der Waals surface area (Å²) in [6.07, 6.45) is 2.59. The summed E-state index contributed by atoms with van der Waals surface area (Å²) < 4.78 is 19.9. The minimum atomic E-state index is -0.237. The van der Waals surface area contributed by atoms with E-state index in [2.05, 4.69) is 31.1 Å². The van der Waals surface area contributed by atoms with Crippen molar-refractivity contribution in [2.24, 2.45) is 0 Å². The minimum absolute atomic E-state index is 0.0406. The summed E-state index contributed by atoms with van der Waals surface area (Å²) in [6, 6.07) is 1.94. The number of likely N-dealkylation sites (N-methyl/N-ethyl adjacent to an activating group) is 1. The summed E-state index contributed by atoms with van der Waals surface area (Å²) >= 11 is 0. The Balaban J connectivity index is 2.14. The second-order valence-electron chi connectivity index (χ2n) is 6.34. The number of hydrogen-bond acceptors (Lipinski definition) is 4. The topological polar surface area (TPSA) is 37.4 Å². The molecule has 0 aromatic carbocycles. The van der Waals surface area contributed by atoms with Gasteiger partial charge in [-0.05, 0) is 33.3 Å². The van der Waals surface area contributed by atoms with Gasteiger partial charge in [-0.25, -0.2) is 9.37 Å². The zero-order valence-electron chi connectivity index (χ0n) is 12.7. The number of nitrogens with zero attached hydrogens (tertiary/aromatic N) is 2. The van der Waals surface area contributed by atoms with Gasteiger partial charge in [0.2, 0.25) is 0 Å². The number of rotatable bonds is 4. The summed E-state index contributed by atoms with van der Waals surface area (Å²) in [5, 5.41) is 3.30. The zero-order chi connectivity index (χ0) is 14.8. The van der Waals surface area contributed by atoms with Crippen LogP contribution in [0.25, 0.3) is 0 Å². The second-order valence-corrected chi connectivity index (χ2v) is 6.34. The standard InChI is InChI=1S/C15H24FN3O/c1-15(2,3)18-9-11-5-7-17-14(13(11)16)19(4)12-6-8-20-10-12/h5,7,12,18H,6,8-10H2,1-4H3. The number of ether oxygens (including phenoxy) is 1. The molecule has 20 heavy (non-hydrogen) atoms. The molecule has 0 aliphatic carbocycles. The Hall–Kier alpha value is -1.20. The van der Waals surface area contributed by atoms with Gasteiger partial charge in [-0.2, -0.15) is 0 Å². The molecule has 112 valence electrons. The third-order valence-corrected chi connectivity index (χ3v) is 3.55. The molecule has 1 N–H and O–H groups in total. The van der Waals surface area contributed by atoms with E-state index in [0.717, 1.165) is 13.0 Å². The largest absolute Gasteiger partial charge is 0.379 e. The van der Waals surface area contributed by atoms with Crippen LogP contribution in [0, 0.1) is 5.82 Å². The van der Waals surface area contributed by atoms with Crippen LogP contribution in [0.1, 0.15) is 32.8 Å². The molecule has 4 nitrogen and oxygen atoms in total. The van der Waals surface area contributed by atoms with Crippen molar-refractivity contribution >= 4 is 5.82 Å². The average molecular weight is 281 g/mol.